The second kappa shape index (κ2) is 4.82. The summed E-state index contributed by atoms with van der Waals surface area (Å²) in [5.41, 5.74) is 0.312. The van der Waals surface area contributed by atoms with Crippen LogP contribution in [0.25, 0.3) is 5.69 Å². The third-order valence-electron chi connectivity index (χ3n) is 2.90. The minimum atomic E-state index is -0.565. The highest BCUT2D eigenvalue weighted by molar-refractivity contribution is 6.31. The lowest BCUT2D eigenvalue weighted by atomic mass is 10.2. The Balaban J connectivity index is 2.74. The topological polar surface area (TPSA) is 44.0 Å². The van der Waals surface area contributed by atoms with E-state index in [-0.39, 0.29) is 0 Å². The zero-order chi connectivity index (χ0) is 13.3. The smallest absolute Gasteiger partial charge is 0.310 e. The Morgan fingerprint density at radius 2 is 1.89 bits per heavy atom. The van der Waals surface area contributed by atoms with Crippen molar-refractivity contribution in [1.82, 2.24) is 9.13 Å². The van der Waals surface area contributed by atoms with Gasteiger partial charge in [-0.1, -0.05) is 17.7 Å². The Hall–Kier alpha value is -1.81. The molecule has 4 nitrogen and oxygen atoms in total. The normalized spacial score (nSPS) is 10.6. The third-order valence-corrected chi connectivity index (χ3v) is 3.31. The van der Waals surface area contributed by atoms with Crippen molar-refractivity contribution in [2.45, 2.75) is 20.4 Å². The van der Waals surface area contributed by atoms with Gasteiger partial charge in [0, 0.05) is 24.0 Å². The van der Waals surface area contributed by atoms with E-state index >= 15 is 0 Å². The summed E-state index contributed by atoms with van der Waals surface area (Å²) in [4.78, 5) is 23.8. The number of halogens is 1. The summed E-state index contributed by atoms with van der Waals surface area (Å²) < 4.78 is 2.70. The summed E-state index contributed by atoms with van der Waals surface area (Å²) in [6.45, 7) is 4.11. The fraction of sp³-hybridized carbons (Fsp3) is 0.231. The first kappa shape index (κ1) is 12.6. The maximum absolute atomic E-state index is 12.0. The molecule has 0 atom stereocenters. The molecule has 0 saturated carbocycles. The van der Waals surface area contributed by atoms with Crippen LogP contribution in [0.4, 0.5) is 0 Å². The number of hydrogen-bond donors (Lipinski definition) is 0. The summed E-state index contributed by atoms with van der Waals surface area (Å²) in [7, 11) is 0. The summed E-state index contributed by atoms with van der Waals surface area (Å²) in [5, 5.41) is 0.569. The van der Waals surface area contributed by atoms with Gasteiger partial charge in [0.15, 0.2) is 0 Å². The Morgan fingerprint density at radius 1 is 1.17 bits per heavy atom. The first-order valence-electron chi connectivity index (χ1n) is 5.64. The Labute approximate surface area is 109 Å². The van der Waals surface area contributed by atoms with Crippen LogP contribution in [0, 0.1) is 6.92 Å². The molecule has 0 aliphatic rings. The standard InChI is InChI=1S/C13H13ClN2O2/c1-3-15-7-8-16(13(18)12(15)17)11-6-4-5-10(14)9(11)2/h4-8H,3H2,1-2H3. The minimum absolute atomic E-state index is 0.476. The lowest BCUT2D eigenvalue weighted by Crippen LogP contribution is -2.39. The fourth-order valence-corrected chi connectivity index (χ4v) is 1.97. The van der Waals surface area contributed by atoms with Gasteiger partial charge in [-0.25, -0.2) is 0 Å². The van der Waals surface area contributed by atoms with Gasteiger partial charge in [0.05, 0.1) is 5.69 Å². The Bertz CT molecular complexity index is 701. The van der Waals surface area contributed by atoms with Crippen LogP contribution in [0.15, 0.2) is 40.2 Å². The van der Waals surface area contributed by atoms with Crippen LogP contribution in [-0.4, -0.2) is 9.13 Å². The van der Waals surface area contributed by atoms with E-state index in [1.165, 1.54) is 9.13 Å². The van der Waals surface area contributed by atoms with Crippen LogP contribution in [0.5, 0.6) is 0 Å². The molecule has 0 spiro atoms. The average Bonchev–Trinajstić information content (AvgIpc) is 2.37. The van der Waals surface area contributed by atoms with Crippen molar-refractivity contribution in [3.05, 3.63) is 61.9 Å². The van der Waals surface area contributed by atoms with Crippen LogP contribution in [0.1, 0.15) is 12.5 Å². The van der Waals surface area contributed by atoms with Gasteiger partial charge in [-0.2, -0.15) is 0 Å². The van der Waals surface area contributed by atoms with Gasteiger partial charge in [-0.15, -0.1) is 0 Å². The first-order valence-corrected chi connectivity index (χ1v) is 6.01. The lowest BCUT2D eigenvalue weighted by molar-refractivity contribution is 0.692. The molecule has 0 aliphatic heterocycles. The van der Waals surface area contributed by atoms with Crippen molar-refractivity contribution >= 4 is 11.6 Å². The van der Waals surface area contributed by atoms with E-state index in [1.54, 1.807) is 30.6 Å². The van der Waals surface area contributed by atoms with E-state index in [9.17, 15) is 9.59 Å². The number of nitrogens with zero attached hydrogens (tertiary/aromatic N) is 2. The van der Waals surface area contributed by atoms with Crippen molar-refractivity contribution in [2.75, 3.05) is 0 Å². The molecule has 2 aromatic rings. The Morgan fingerprint density at radius 3 is 2.56 bits per heavy atom. The quantitative estimate of drug-likeness (QED) is 0.779. The van der Waals surface area contributed by atoms with E-state index in [4.69, 9.17) is 11.6 Å². The molecule has 0 aliphatic carbocycles. The van der Waals surface area contributed by atoms with Gasteiger partial charge in [-0.05, 0) is 31.5 Å². The van der Waals surface area contributed by atoms with Gasteiger partial charge in [-0.3, -0.25) is 14.2 Å². The van der Waals surface area contributed by atoms with Gasteiger partial charge in [0.1, 0.15) is 0 Å². The van der Waals surface area contributed by atoms with Gasteiger partial charge in [0.25, 0.3) is 0 Å². The van der Waals surface area contributed by atoms with Crippen LogP contribution in [0.3, 0.4) is 0 Å². The molecule has 0 radical (unpaired) electrons. The van der Waals surface area contributed by atoms with E-state index in [0.717, 1.165) is 5.56 Å². The van der Waals surface area contributed by atoms with Gasteiger partial charge >= 0.3 is 11.1 Å². The first-order chi connectivity index (χ1) is 8.56. The zero-order valence-corrected chi connectivity index (χ0v) is 10.9. The van der Waals surface area contributed by atoms with Crippen molar-refractivity contribution in [3.8, 4) is 5.69 Å². The predicted molar refractivity (Wildman–Crippen MR) is 71.7 cm³/mol. The molecule has 5 heteroatoms. The third kappa shape index (κ3) is 1.99. The maximum Gasteiger partial charge on any atom is 0.320 e. The Kier molecular flexibility index (Phi) is 3.39. The molecule has 0 unspecified atom stereocenters. The molecule has 0 saturated heterocycles. The van der Waals surface area contributed by atoms with Crippen LogP contribution >= 0.6 is 11.6 Å². The van der Waals surface area contributed by atoms with Crippen LogP contribution < -0.4 is 11.1 Å². The zero-order valence-electron chi connectivity index (χ0n) is 10.2. The van der Waals surface area contributed by atoms with Crippen molar-refractivity contribution in [2.24, 2.45) is 0 Å². The van der Waals surface area contributed by atoms with Gasteiger partial charge < -0.3 is 4.57 Å². The van der Waals surface area contributed by atoms with Crippen molar-refractivity contribution < 1.29 is 0 Å². The fourth-order valence-electron chi connectivity index (χ4n) is 1.80. The maximum atomic E-state index is 12.0. The van der Waals surface area contributed by atoms with E-state index in [2.05, 4.69) is 0 Å². The second-order valence-corrected chi connectivity index (χ2v) is 4.36. The van der Waals surface area contributed by atoms with Crippen molar-refractivity contribution in [3.63, 3.8) is 0 Å². The molecular formula is C13H13ClN2O2. The molecule has 1 heterocycles. The van der Waals surface area contributed by atoms with Crippen molar-refractivity contribution in [1.29, 1.82) is 0 Å². The number of aryl methyl sites for hydroxylation is 1. The lowest BCUT2D eigenvalue weighted by Gasteiger charge is -2.10. The molecule has 0 N–H and O–H groups in total. The van der Waals surface area contributed by atoms with Gasteiger partial charge in [0.2, 0.25) is 0 Å². The highest BCUT2D eigenvalue weighted by Crippen LogP contribution is 2.20. The molecular weight excluding hydrogens is 252 g/mol. The predicted octanol–water partition coefficient (Wildman–Crippen LogP) is 1.98. The summed E-state index contributed by atoms with van der Waals surface area (Å²) in [5.74, 6) is 0. The number of hydrogen-bond acceptors (Lipinski definition) is 2. The average molecular weight is 265 g/mol. The molecule has 0 fully saturated rings. The van der Waals surface area contributed by atoms with E-state index in [1.807, 2.05) is 13.8 Å². The molecule has 94 valence electrons. The molecule has 0 amide bonds. The van der Waals surface area contributed by atoms with E-state index in [0.29, 0.717) is 17.3 Å². The summed E-state index contributed by atoms with van der Waals surface area (Å²) in [6.07, 6.45) is 3.19. The summed E-state index contributed by atoms with van der Waals surface area (Å²) in [6, 6.07) is 5.26. The largest absolute Gasteiger partial charge is 0.320 e. The molecule has 18 heavy (non-hydrogen) atoms. The highest BCUT2D eigenvalue weighted by Gasteiger charge is 2.09. The number of aromatic nitrogens is 2. The molecule has 1 aromatic carbocycles. The molecule has 1 aromatic heterocycles. The monoisotopic (exact) mass is 264 g/mol. The number of rotatable bonds is 2. The van der Waals surface area contributed by atoms with E-state index < -0.39 is 11.1 Å². The molecule has 0 bridgehead atoms. The minimum Gasteiger partial charge on any atom is -0.310 e. The highest BCUT2D eigenvalue weighted by atomic mass is 35.5. The summed E-state index contributed by atoms with van der Waals surface area (Å²) >= 11 is 6.02. The second-order valence-electron chi connectivity index (χ2n) is 3.95. The number of benzene rings is 1. The molecule has 2 rings (SSSR count). The van der Waals surface area contributed by atoms with Crippen LogP contribution in [-0.2, 0) is 6.54 Å². The SMILES string of the molecule is CCn1ccn(-c2cccc(Cl)c2C)c(=O)c1=O. The van der Waals surface area contributed by atoms with Crippen LogP contribution in [0.2, 0.25) is 5.02 Å².